The minimum absolute atomic E-state index is 0.0517. The third kappa shape index (κ3) is 5.46. The van der Waals surface area contributed by atoms with Crippen LogP contribution in [-0.4, -0.2) is 76.6 Å². The molecule has 10 heteroatoms. The van der Waals surface area contributed by atoms with Crippen molar-refractivity contribution < 1.29 is 18.7 Å². The maximum Gasteiger partial charge on any atom is 0.251 e. The van der Waals surface area contributed by atoms with Crippen molar-refractivity contribution in [2.24, 2.45) is 0 Å². The molecule has 2 N–H and O–H groups in total. The predicted molar refractivity (Wildman–Crippen MR) is 146 cm³/mol. The van der Waals surface area contributed by atoms with E-state index in [0.29, 0.717) is 36.3 Å². The van der Waals surface area contributed by atoms with E-state index in [0.717, 1.165) is 22.2 Å². The molecule has 202 valence electrons. The maximum absolute atomic E-state index is 14.8. The van der Waals surface area contributed by atoms with Crippen LogP contribution in [0.25, 0.3) is 22.2 Å². The second-order valence-corrected chi connectivity index (χ2v) is 9.91. The zero-order valence-electron chi connectivity index (χ0n) is 22.1. The normalized spacial score (nSPS) is 17.6. The van der Waals surface area contributed by atoms with Gasteiger partial charge in [-0.1, -0.05) is 6.07 Å². The fourth-order valence-corrected chi connectivity index (χ4v) is 5.15. The van der Waals surface area contributed by atoms with Gasteiger partial charge in [-0.15, -0.1) is 0 Å². The first-order valence-electron chi connectivity index (χ1n) is 12.8. The lowest BCUT2D eigenvalue weighted by Crippen LogP contribution is -2.56. The molecule has 1 saturated heterocycles. The van der Waals surface area contributed by atoms with Crippen LogP contribution in [0.1, 0.15) is 28.8 Å². The van der Waals surface area contributed by atoms with Gasteiger partial charge in [0.15, 0.2) is 0 Å². The number of nitrogens with zero attached hydrogens (tertiary/aromatic N) is 4. The number of fused-ring (bicyclic) bond motifs is 1. The number of H-pyrrole nitrogens is 1. The van der Waals surface area contributed by atoms with Crippen molar-refractivity contribution in [3.63, 3.8) is 0 Å². The number of likely N-dealkylation sites (tertiary alicyclic amines) is 1. The Balaban J connectivity index is 1.36. The van der Waals surface area contributed by atoms with E-state index in [9.17, 15) is 14.0 Å². The first kappa shape index (κ1) is 26.3. The molecule has 5 rings (SSSR count). The molecule has 0 unspecified atom stereocenters. The van der Waals surface area contributed by atoms with E-state index in [1.165, 1.54) is 13.2 Å². The van der Waals surface area contributed by atoms with Gasteiger partial charge in [0.05, 0.1) is 18.7 Å². The van der Waals surface area contributed by atoms with Crippen LogP contribution in [0.5, 0.6) is 5.75 Å². The molecular weight excluding hydrogens is 499 g/mol. The molecule has 0 radical (unpaired) electrons. The van der Waals surface area contributed by atoms with Crippen molar-refractivity contribution in [2.45, 2.75) is 31.5 Å². The summed E-state index contributed by atoms with van der Waals surface area (Å²) >= 11 is 0. The molecule has 3 heterocycles. The fraction of sp³-hybridized carbons (Fsp3) is 0.310. The number of hydrogen-bond donors (Lipinski definition) is 2. The van der Waals surface area contributed by atoms with E-state index >= 15 is 0 Å². The average Bonchev–Trinajstić information content (AvgIpc) is 3.37. The number of carbonyl (C=O) groups is 2. The fourth-order valence-electron chi connectivity index (χ4n) is 5.15. The molecule has 0 aliphatic carbocycles. The van der Waals surface area contributed by atoms with Crippen molar-refractivity contribution in [1.29, 1.82) is 0 Å². The molecule has 1 aliphatic rings. The van der Waals surface area contributed by atoms with Crippen LogP contribution in [0.2, 0.25) is 0 Å². The lowest BCUT2D eigenvalue weighted by molar-refractivity contribution is -0.136. The Labute approximate surface area is 226 Å². The third-order valence-electron chi connectivity index (χ3n) is 7.18. The predicted octanol–water partition coefficient (Wildman–Crippen LogP) is 3.62. The largest absolute Gasteiger partial charge is 0.496 e. The summed E-state index contributed by atoms with van der Waals surface area (Å²) in [7, 11) is 4.92. The summed E-state index contributed by atoms with van der Waals surface area (Å²) in [5, 5.41) is 11.4. The van der Waals surface area contributed by atoms with Crippen LogP contribution in [0, 0.1) is 5.82 Å². The minimum atomic E-state index is -0.428. The lowest BCUT2D eigenvalue weighted by Gasteiger charge is -2.40. The van der Waals surface area contributed by atoms with Gasteiger partial charge < -0.3 is 15.0 Å². The summed E-state index contributed by atoms with van der Waals surface area (Å²) in [6.45, 7) is 0.576. The summed E-state index contributed by atoms with van der Waals surface area (Å²) in [4.78, 5) is 33.9. The number of methoxy groups -OCH3 is 1. The van der Waals surface area contributed by atoms with E-state index in [1.54, 1.807) is 49.6 Å². The van der Waals surface area contributed by atoms with E-state index in [2.05, 4.69) is 20.5 Å². The van der Waals surface area contributed by atoms with Gasteiger partial charge in [-0.2, -0.15) is 5.10 Å². The Bertz CT molecular complexity index is 1490. The van der Waals surface area contributed by atoms with Crippen LogP contribution in [0.15, 0.2) is 60.9 Å². The van der Waals surface area contributed by atoms with Crippen LogP contribution in [0.4, 0.5) is 4.39 Å². The van der Waals surface area contributed by atoms with Gasteiger partial charge in [0.2, 0.25) is 5.91 Å². The molecular formula is C29H31FN6O3. The van der Waals surface area contributed by atoms with Gasteiger partial charge >= 0.3 is 0 Å². The number of aromatic amines is 1. The summed E-state index contributed by atoms with van der Waals surface area (Å²) in [5.41, 5.74) is 3.36. The van der Waals surface area contributed by atoms with E-state index in [-0.39, 0.29) is 24.4 Å². The molecule has 2 aromatic carbocycles. The molecule has 39 heavy (non-hydrogen) atoms. The van der Waals surface area contributed by atoms with Crippen molar-refractivity contribution in [3.05, 3.63) is 77.9 Å². The highest BCUT2D eigenvalue weighted by Crippen LogP contribution is 2.29. The molecule has 1 aliphatic heterocycles. The number of carbonyl (C=O) groups excluding carboxylic acids is 2. The molecule has 4 aromatic rings. The van der Waals surface area contributed by atoms with Crippen LogP contribution >= 0.6 is 0 Å². The topological polar surface area (TPSA) is 103 Å². The Morgan fingerprint density at radius 2 is 1.95 bits per heavy atom. The number of aromatic nitrogens is 3. The zero-order chi connectivity index (χ0) is 27.5. The highest BCUT2D eigenvalue weighted by Gasteiger charge is 2.35. The maximum atomic E-state index is 14.8. The zero-order valence-corrected chi connectivity index (χ0v) is 22.1. The van der Waals surface area contributed by atoms with Gasteiger partial charge in [-0.05, 0) is 55.3 Å². The van der Waals surface area contributed by atoms with Crippen molar-refractivity contribution in [2.75, 3.05) is 27.7 Å². The molecule has 0 saturated carbocycles. The molecule has 2 atom stereocenters. The quantitative estimate of drug-likeness (QED) is 0.378. The van der Waals surface area contributed by atoms with Gasteiger partial charge in [-0.25, -0.2) is 4.39 Å². The first-order chi connectivity index (χ1) is 18.9. The second-order valence-electron chi connectivity index (χ2n) is 9.91. The van der Waals surface area contributed by atoms with Crippen molar-refractivity contribution >= 4 is 22.7 Å². The Kier molecular flexibility index (Phi) is 7.56. The number of halogens is 1. The van der Waals surface area contributed by atoms with E-state index < -0.39 is 11.9 Å². The molecule has 2 aromatic heterocycles. The molecule has 0 spiro atoms. The average molecular weight is 531 g/mol. The minimum Gasteiger partial charge on any atom is -0.496 e. The Morgan fingerprint density at radius 1 is 1.15 bits per heavy atom. The number of pyridine rings is 1. The number of ether oxygens (including phenoxy) is 1. The molecule has 9 nitrogen and oxygen atoms in total. The van der Waals surface area contributed by atoms with Crippen LogP contribution in [-0.2, 0) is 11.3 Å². The Morgan fingerprint density at radius 3 is 2.69 bits per heavy atom. The number of hydrogen-bond acceptors (Lipinski definition) is 6. The number of nitrogens with one attached hydrogen (secondary N) is 2. The number of rotatable bonds is 7. The summed E-state index contributed by atoms with van der Waals surface area (Å²) in [6.07, 6.45) is 4.56. The van der Waals surface area contributed by atoms with Crippen LogP contribution in [0.3, 0.4) is 0 Å². The number of amides is 2. The van der Waals surface area contributed by atoms with Crippen molar-refractivity contribution in [3.8, 4) is 17.0 Å². The first-order valence-corrected chi connectivity index (χ1v) is 12.8. The molecule has 2 amide bonds. The molecule has 0 bridgehead atoms. The monoisotopic (exact) mass is 530 g/mol. The van der Waals surface area contributed by atoms with Gasteiger partial charge in [0.1, 0.15) is 17.3 Å². The lowest BCUT2D eigenvalue weighted by atomic mass is 9.95. The number of piperidine rings is 1. The number of likely N-dealkylation sites (N-methyl/N-ethyl adjacent to an activating group) is 1. The Hall–Kier alpha value is -4.31. The van der Waals surface area contributed by atoms with Gasteiger partial charge in [0.25, 0.3) is 5.91 Å². The third-order valence-corrected chi connectivity index (χ3v) is 7.18. The molecule has 1 fully saturated rings. The summed E-state index contributed by atoms with van der Waals surface area (Å²) in [6, 6.07) is 13.2. The van der Waals surface area contributed by atoms with Crippen LogP contribution < -0.4 is 10.1 Å². The number of benzene rings is 2. The smallest absolute Gasteiger partial charge is 0.251 e. The highest BCUT2D eigenvalue weighted by molar-refractivity contribution is 6.01. The summed E-state index contributed by atoms with van der Waals surface area (Å²) < 4.78 is 20.2. The van der Waals surface area contributed by atoms with E-state index in [1.807, 2.05) is 29.2 Å². The summed E-state index contributed by atoms with van der Waals surface area (Å²) in [5.74, 6) is -0.237. The SMILES string of the molecule is COc1cccc(F)c1CN1C[C@H](NC(=O)c2ccc3[nH]nc(-c4ccncc4)c3c2)CC[C@H]1C(=O)N(C)C. The standard InChI is InChI=1S/C29H31FN6O3/c1-35(2)29(38)25-10-8-20(16-36(25)17-22-23(30)5-4-6-26(22)39-3)32-28(37)19-7-9-24-21(15-19)27(34-33-24)18-11-13-31-14-12-18/h4-7,9,11-15,20,25H,8,10,16-17H2,1-3H3,(H,32,37)(H,33,34)/t20-,25+/m1/s1. The van der Waals surface area contributed by atoms with Crippen molar-refractivity contribution in [1.82, 2.24) is 30.3 Å². The highest BCUT2D eigenvalue weighted by atomic mass is 19.1. The van der Waals surface area contributed by atoms with Gasteiger partial charge in [-0.3, -0.25) is 24.6 Å². The van der Waals surface area contributed by atoms with Gasteiger partial charge in [0, 0.05) is 67.7 Å². The second kappa shape index (κ2) is 11.2. The van der Waals surface area contributed by atoms with E-state index in [4.69, 9.17) is 4.74 Å².